The Morgan fingerprint density at radius 3 is 3.19 bits per heavy atom. The fourth-order valence-electron chi connectivity index (χ4n) is 2.18. The standard InChI is InChI=1S/C12H22N4/c1-3-15(2)7-8-16-10-13-9-12(16)11-5-4-6-14-11/h9-11,14H,3-8H2,1-2H3/t11-/m0/s1. The maximum absolute atomic E-state index is 4.27. The highest BCUT2D eigenvalue weighted by Crippen LogP contribution is 2.22. The van der Waals surface area contributed by atoms with E-state index in [4.69, 9.17) is 0 Å². The summed E-state index contributed by atoms with van der Waals surface area (Å²) < 4.78 is 2.29. The third-order valence-electron chi connectivity index (χ3n) is 3.42. The predicted octanol–water partition coefficient (Wildman–Crippen LogP) is 1.26. The molecule has 0 radical (unpaired) electrons. The van der Waals surface area contributed by atoms with Crippen LogP contribution in [0.3, 0.4) is 0 Å². The molecular weight excluding hydrogens is 200 g/mol. The number of likely N-dealkylation sites (N-methyl/N-ethyl adjacent to an activating group) is 1. The van der Waals surface area contributed by atoms with Gasteiger partial charge in [0.25, 0.3) is 0 Å². The molecule has 1 aromatic heterocycles. The maximum Gasteiger partial charge on any atom is 0.0949 e. The van der Waals surface area contributed by atoms with E-state index in [1.807, 2.05) is 12.5 Å². The van der Waals surface area contributed by atoms with Crippen LogP contribution in [0.15, 0.2) is 12.5 Å². The van der Waals surface area contributed by atoms with E-state index in [1.165, 1.54) is 18.5 Å². The summed E-state index contributed by atoms with van der Waals surface area (Å²) in [5.74, 6) is 0. The van der Waals surface area contributed by atoms with Gasteiger partial charge in [0.1, 0.15) is 0 Å². The molecule has 0 bridgehead atoms. The van der Waals surface area contributed by atoms with Gasteiger partial charge in [0.15, 0.2) is 0 Å². The first kappa shape index (κ1) is 11.6. The van der Waals surface area contributed by atoms with Gasteiger partial charge in [0.2, 0.25) is 0 Å². The van der Waals surface area contributed by atoms with Crippen molar-refractivity contribution in [2.24, 2.45) is 0 Å². The number of imidazole rings is 1. The number of nitrogens with one attached hydrogen (secondary N) is 1. The molecule has 1 aromatic rings. The molecule has 0 aliphatic carbocycles. The van der Waals surface area contributed by atoms with Crippen LogP contribution in [0.2, 0.25) is 0 Å². The summed E-state index contributed by atoms with van der Waals surface area (Å²) in [4.78, 5) is 6.60. The first-order valence-corrected chi connectivity index (χ1v) is 6.23. The number of aromatic nitrogens is 2. The van der Waals surface area contributed by atoms with Crippen LogP contribution < -0.4 is 5.32 Å². The zero-order valence-corrected chi connectivity index (χ0v) is 10.3. The van der Waals surface area contributed by atoms with E-state index in [1.54, 1.807) is 0 Å². The zero-order valence-electron chi connectivity index (χ0n) is 10.3. The lowest BCUT2D eigenvalue weighted by atomic mass is 10.2. The molecule has 16 heavy (non-hydrogen) atoms. The van der Waals surface area contributed by atoms with E-state index in [0.29, 0.717) is 6.04 Å². The number of hydrogen-bond donors (Lipinski definition) is 1. The van der Waals surface area contributed by atoms with Crippen LogP contribution in [0.25, 0.3) is 0 Å². The minimum Gasteiger partial charge on any atom is -0.332 e. The summed E-state index contributed by atoms with van der Waals surface area (Å²) in [6.45, 7) is 6.56. The van der Waals surface area contributed by atoms with Crippen molar-refractivity contribution in [3.8, 4) is 0 Å². The van der Waals surface area contributed by atoms with Crippen LogP contribution in [-0.2, 0) is 6.54 Å². The second-order valence-corrected chi connectivity index (χ2v) is 4.56. The minimum absolute atomic E-state index is 0.523. The quantitative estimate of drug-likeness (QED) is 0.814. The second-order valence-electron chi connectivity index (χ2n) is 4.56. The average molecular weight is 222 g/mol. The molecule has 0 spiro atoms. The largest absolute Gasteiger partial charge is 0.332 e. The molecule has 1 fully saturated rings. The van der Waals surface area contributed by atoms with Gasteiger partial charge in [-0.25, -0.2) is 4.98 Å². The van der Waals surface area contributed by atoms with Crippen molar-refractivity contribution in [3.05, 3.63) is 18.2 Å². The van der Waals surface area contributed by atoms with E-state index in [0.717, 1.165) is 26.2 Å². The fourth-order valence-corrected chi connectivity index (χ4v) is 2.18. The van der Waals surface area contributed by atoms with Crippen molar-refractivity contribution in [3.63, 3.8) is 0 Å². The van der Waals surface area contributed by atoms with Crippen molar-refractivity contribution >= 4 is 0 Å². The lowest BCUT2D eigenvalue weighted by Gasteiger charge is -2.17. The molecule has 1 N–H and O–H groups in total. The van der Waals surface area contributed by atoms with Gasteiger partial charge in [0.05, 0.1) is 12.0 Å². The summed E-state index contributed by atoms with van der Waals surface area (Å²) in [5, 5.41) is 3.53. The molecule has 4 heteroatoms. The Morgan fingerprint density at radius 1 is 1.62 bits per heavy atom. The van der Waals surface area contributed by atoms with Crippen molar-refractivity contribution < 1.29 is 0 Å². The molecular formula is C12H22N4. The summed E-state index contributed by atoms with van der Waals surface area (Å²) in [6.07, 6.45) is 6.49. The second kappa shape index (κ2) is 5.46. The first-order valence-electron chi connectivity index (χ1n) is 6.23. The van der Waals surface area contributed by atoms with E-state index in [-0.39, 0.29) is 0 Å². The van der Waals surface area contributed by atoms with Crippen LogP contribution in [0.5, 0.6) is 0 Å². The lowest BCUT2D eigenvalue weighted by molar-refractivity contribution is 0.331. The topological polar surface area (TPSA) is 33.1 Å². The van der Waals surface area contributed by atoms with Gasteiger partial charge in [-0.15, -0.1) is 0 Å². The Hall–Kier alpha value is -0.870. The van der Waals surface area contributed by atoms with Gasteiger partial charge in [-0.2, -0.15) is 0 Å². The Balaban J connectivity index is 1.95. The minimum atomic E-state index is 0.523. The predicted molar refractivity (Wildman–Crippen MR) is 65.4 cm³/mol. The molecule has 4 nitrogen and oxygen atoms in total. The van der Waals surface area contributed by atoms with E-state index in [2.05, 4.69) is 33.7 Å². The SMILES string of the molecule is CCN(C)CCn1cncc1[C@@H]1CCCN1. The van der Waals surface area contributed by atoms with Crippen LogP contribution in [-0.4, -0.2) is 41.1 Å². The van der Waals surface area contributed by atoms with Gasteiger partial charge < -0.3 is 14.8 Å². The first-order chi connectivity index (χ1) is 7.81. The van der Waals surface area contributed by atoms with Gasteiger partial charge in [0, 0.05) is 25.3 Å². The van der Waals surface area contributed by atoms with Crippen LogP contribution in [0, 0.1) is 0 Å². The van der Waals surface area contributed by atoms with Crippen molar-refractivity contribution in [2.75, 3.05) is 26.7 Å². The van der Waals surface area contributed by atoms with Crippen molar-refractivity contribution in [1.82, 2.24) is 19.8 Å². The van der Waals surface area contributed by atoms with Crippen molar-refractivity contribution in [2.45, 2.75) is 32.4 Å². The van der Waals surface area contributed by atoms with Crippen LogP contribution >= 0.6 is 0 Å². The maximum atomic E-state index is 4.27. The van der Waals surface area contributed by atoms with E-state index in [9.17, 15) is 0 Å². The average Bonchev–Trinajstić information content (AvgIpc) is 2.95. The highest BCUT2D eigenvalue weighted by atomic mass is 15.1. The molecule has 1 atom stereocenters. The third-order valence-corrected chi connectivity index (χ3v) is 3.42. The smallest absolute Gasteiger partial charge is 0.0949 e. The summed E-state index contributed by atoms with van der Waals surface area (Å²) in [5.41, 5.74) is 1.35. The lowest BCUT2D eigenvalue weighted by Crippen LogP contribution is -2.24. The molecule has 2 rings (SSSR count). The Labute approximate surface area is 97.7 Å². The molecule has 2 heterocycles. The molecule has 0 amide bonds. The highest BCUT2D eigenvalue weighted by Gasteiger charge is 2.19. The molecule has 1 saturated heterocycles. The molecule has 0 unspecified atom stereocenters. The van der Waals surface area contributed by atoms with Gasteiger partial charge in [-0.3, -0.25) is 0 Å². The Bertz CT molecular complexity index is 315. The monoisotopic (exact) mass is 222 g/mol. The van der Waals surface area contributed by atoms with Gasteiger partial charge >= 0.3 is 0 Å². The molecule has 1 aliphatic heterocycles. The van der Waals surface area contributed by atoms with Gasteiger partial charge in [-0.1, -0.05) is 6.92 Å². The summed E-state index contributed by atoms with van der Waals surface area (Å²) in [7, 11) is 2.16. The fraction of sp³-hybridized carbons (Fsp3) is 0.750. The number of hydrogen-bond acceptors (Lipinski definition) is 3. The normalized spacial score (nSPS) is 20.8. The highest BCUT2D eigenvalue weighted by molar-refractivity contribution is 5.07. The third kappa shape index (κ3) is 2.62. The summed E-state index contributed by atoms with van der Waals surface area (Å²) in [6, 6.07) is 0.523. The van der Waals surface area contributed by atoms with Gasteiger partial charge in [-0.05, 0) is 33.0 Å². The molecule has 0 saturated carbocycles. The number of rotatable bonds is 5. The number of nitrogens with zero attached hydrogens (tertiary/aromatic N) is 3. The molecule has 1 aliphatic rings. The Kier molecular flexibility index (Phi) is 3.96. The molecule has 0 aromatic carbocycles. The Morgan fingerprint density at radius 2 is 2.50 bits per heavy atom. The van der Waals surface area contributed by atoms with E-state index >= 15 is 0 Å². The van der Waals surface area contributed by atoms with Crippen molar-refractivity contribution in [1.29, 1.82) is 0 Å². The summed E-state index contributed by atoms with van der Waals surface area (Å²) >= 11 is 0. The molecule has 90 valence electrons. The zero-order chi connectivity index (χ0) is 11.4. The van der Waals surface area contributed by atoms with Crippen LogP contribution in [0.4, 0.5) is 0 Å². The van der Waals surface area contributed by atoms with E-state index < -0.39 is 0 Å². The van der Waals surface area contributed by atoms with Crippen LogP contribution in [0.1, 0.15) is 31.5 Å².